The molecule has 5 rings (SSSR count). The van der Waals surface area contributed by atoms with Crippen molar-refractivity contribution in [1.82, 2.24) is 14.5 Å². The third-order valence-corrected chi connectivity index (χ3v) is 5.34. The molecule has 0 fully saturated rings. The largest absolute Gasteiger partial charge is 0.573 e. The van der Waals surface area contributed by atoms with Crippen LogP contribution in [0.4, 0.5) is 22.0 Å². The van der Waals surface area contributed by atoms with Gasteiger partial charge in [0.25, 0.3) is 0 Å². The molecular formula is C26H16F5N3O. The Balaban J connectivity index is 1.41. The molecule has 2 heterocycles. The van der Waals surface area contributed by atoms with Crippen molar-refractivity contribution in [2.24, 2.45) is 0 Å². The van der Waals surface area contributed by atoms with E-state index in [1.54, 1.807) is 47.3 Å². The Kier molecular flexibility index (Phi) is 5.68. The minimum absolute atomic E-state index is 0.00400. The Morgan fingerprint density at radius 1 is 0.743 bits per heavy atom. The molecule has 0 aliphatic carbocycles. The van der Waals surface area contributed by atoms with Crippen LogP contribution in [-0.4, -0.2) is 20.9 Å². The van der Waals surface area contributed by atoms with Crippen LogP contribution in [0.2, 0.25) is 0 Å². The summed E-state index contributed by atoms with van der Waals surface area (Å²) in [5, 5.41) is 0. The minimum Gasteiger partial charge on any atom is -0.405 e. The smallest absolute Gasteiger partial charge is 0.405 e. The molecule has 176 valence electrons. The zero-order valence-corrected chi connectivity index (χ0v) is 17.9. The van der Waals surface area contributed by atoms with Gasteiger partial charge in [-0.25, -0.2) is 18.7 Å². The minimum atomic E-state index is -4.89. The van der Waals surface area contributed by atoms with Crippen molar-refractivity contribution in [3.63, 3.8) is 0 Å². The maximum absolute atomic E-state index is 14.9. The first-order valence-electron chi connectivity index (χ1n) is 10.5. The number of aromatic nitrogens is 3. The molecule has 0 atom stereocenters. The Hall–Kier alpha value is -4.27. The fourth-order valence-electron chi connectivity index (χ4n) is 3.80. The molecule has 9 heteroatoms. The van der Waals surface area contributed by atoms with Crippen LogP contribution in [0.15, 0.2) is 85.2 Å². The zero-order chi connectivity index (χ0) is 24.6. The topological polar surface area (TPSA) is 39.9 Å². The van der Waals surface area contributed by atoms with Crippen LogP contribution < -0.4 is 4.74 Å². The quantitative estimate of drug-likeness (QED) is 0.255. The number of para-hydroxylation sites is 1. The lowest BCUT2D eigenvalue weighted by molar-refractivity contribution is -0.274. The molecule has 0 unspecified atom stereocenters. The van der Waals surface area contributed by atoms with Crippen LogP contribution in [-0.2, 0) is 6.54 Å². The summed E-state index contributed by atoms with van der Waals surface area (Å²) in [6, 6.07) is 17.6. The molecule has 35 heavy (non-hydrogen) atoms. The third-order valence-electron chi connectivity index (χ3n) is 5.34. The first kappa shape index (κ1) is 22.5. The molecule has 0 N–H and O–H groups in total. The first-order valence-corrected chi connectivity index (χ1v) is 10.5. The van der Waals surface area contributed by atoms with Crippen molar-refractivity contribution in [3.05, 3.63) is 102 Å². The lowest BCUT2D eigenvalue weighted by atomic mass is 10.0. The van der Waals surface area contributed by atoms with E-state index in [0.717, 1.165) is 6.07 Å². The van der Waals surface area contributed by atoms with Crippen LogP contribution in [0.3, 0.4) is 0 Å². The van der Waals surface area contributed by atoms with E-state index < -0.39 is 23.7 Å². The van der Waals surface area contributed by atoms with E-state index in [4.69, 9.17) is 0 Å². The van der Waals surface area contributed by atoms with E-state index in [-0.39, 0.29) is 23.5 Å². The van der Waals surface area contributed by atoms with Crippen LogP contribution in [0, 0.1) is 11.6 Å². The highest BCUT2D eigenvalue weighted by atomic mass is 19.4. The summed E-state index contributed by atoms with van der Waals surface area (Å²) in [6.45, 7) is 0.274. The molecule has 2 aliphatic heterocycles. The second-order valence-corrected chi connectivity index (χ2v) is 7.77. The Morgan fingerprint density at radius 3 is 2.20 bits per heavy atom. The van der Waals surface area contributed by atoms with Gasteiger partial charge in [-0.3, -0.25) is 0 Å². The Bertz CT molecular complexity index is 1480. The van der Waals surface area contributed by atoms with E-state index in [2.05, 4.69) is 14.7 Å². The number of pyridine rings is 1. The highest BCUT2D eigenvalue weighted by molar-refractivity contribution is 5.71. The number of fused-ring (bicyclic) bond motifs is 1. The molecule has 0 aromatic heterocycles. The summed E-state index contributed by atoms with van der Waals surface area (Å²) >= 11 is 0. The highest BCUT2D eigenvalue weighted by Gasteiger charge is 2.32. The highest BCUT2D eigenvalue weighted by Crippen LogP contribution is 2.35. The number of nitrogens with zero attached hydrogens (tertiary/aromatic N) is 3. The van der Waals surface area contributed by atoms with Gasteiger partial charge in [0.15, 0.2) is 5.82 Å². The van der Waals surface area contributed by atoms with E-state index >= 15 is 0 Å². The third kappa shape index (κ3) is 4.84. The van der Waals surface area contributed by atoms with Gasteiger partial charge < -0.3 is 9.30 Å². The second kappa shape index (κ2) is 8.83. The second-order valence-electron chi connectivity index (χ2n) is 7.77. The maximum Gasteiger partial charge on any atom is 0.573 e. The van der Waals surface area contributed by atoms with Crippen LogP contribution >= 0.6 is 0 Å². The molecule has 0 saturated carbocycles. The fourth-order valence-corrected chi connectivity index (χ4v) is 3.80. The van der Waals surface area contributed by atoms with Gasteiger partial charge in [-0.05, 0) is 35.9 Å². The van der Waals surface area contributed by atoms with Gasteiger partial charge in [0.05, 0.1) is 11.3 Å². The van der Waals surface area contributed by atoms with Crippen molar-refractivity contribution < 1.29 is 26.7 Å². The average molecular weight is 481 g/mol. The number of hydrogen-bond acceptors (Lipinski definition) is 3. The van der Waals surface area contributed by atoms with Crippen molar-refractivity contribution in [2.45, 2.75) is 12.9 Å². The summed E-state index contributed by atoms with van der Waals surface area (Å²) in [6.07, 6.45) is -1.44. The summed E-state index contributed by atoms with van der Waals surface area (Å²) in [7, 11) is 0. The van der Waals surface area contributed by atoms with Crippen molar-refractivity contribution >= 4 is 0 Å². The molecule has 4 nitrogen and oxygen atoms in total. The fraction of sp³-hybridized carbons (Fsp3) is 0.0769. The molecule has 2 aliphatic rings. The van der Waals surface area contributed by atoms with E-state index in [1.807, 2.05) is 0 Å². The van der Waals surface area contributed by atoms with Gasteiger partial charge >= 0.3 is 6.36 Å². The number of hydrogen-bond donors (Lipinski definition) is 0. The monoisotopic (exact) mass is 481 g/mol. The SMILES string of the molecule is Fc1ccccc1-c1nc2ccn(Cc3ccc(-c4ccccc4OC(F)(F)F)c(F)c3)cc-2n1. The number of halogens is 5. The predicted molar refractivity (Wildman–Crippen MR) is 120 cm³/mol. The predicted octanol–water partition coefficient (Wildman–Crippen LogP) is 6.94. The van der Waals surface area contributed by atoms with E-state index in [1.165, 1.54) is 36.4 Å². The Labute approximate surface area is 196 Å². The lowest BCUT2D eigenvalue weighted by Crippen LogP contribution is -2.17. The van der Waals surface area contributed by atoms with Crippen LogP contribution in [0.5, 0.6) is 5.75 Å². The molecule has 3 aromatic rings. The molecular weight excluding hydrogens is 465 g/mol. The van der Waals surface area contributed by atoms with Crippen molar-refractivity contribution in [2.75, 3.05) is 0 Å². The van der Waals surface area contributed by atoms with Gasteiger partial charge in [-0.15, -0.1) is 13.2 Å². The molecule has 0 saturated heterocycles. The maximum atomic E-state index is 14.9. The van der Waals surface area contributed by atoms with E-state index in [9.17, 15) is 22.0 Å². The number of benzene rings is 3. The van der Waals surface area contributed by atoms with Gasteiger partial charge in [0, 0.05) is 30.1 Å². The summed E-state index contributed by atoms with van der Waals surface area (Å²) in [5.41, 5.74) is 1.99. The lowest BCUT2D eigenvalue weighted by Gasteiger charge is -2.14. The first-order chi connectivity index (χ1) is 16.8. The van der Waals surface area contributed by atoms with E-state index in [0.29, 0.717) is 22.5 Å². The molecule has 0 amide bonds. The average Bonchev–Trinajstić information content (AvgIpc) is 3.22. The normalized spacial score (nSPS) is 11.7. The standard InChI is InChI=1S/C26H16F5N3O/c27-20-7-3-1-6-19(20)25-32-22-11-12-34(15-23(22)33-25)14-16-9-10-17(21(28)13-16)18-5-2-4-8-24(18)35-26(29,30)31/h1-13,15H,14H2. The summed E-state index contributed by atoms with van der Waals surface area (Å²) < 4.78 is 73.0. The number of rotatable bonds is 5. The van der Waals surface area contributed by atoms with Crippen LogP contribution in [0.1, 0.15) is 5.56 Å². The number of imidazole rings is 1. The molecule has 0 bridgehead atoms. The van der Waals surface area contributed by atoms with Gasteiger partial charge in [-0.1, -0.05) is 42.5 Å². The number of alkyl halides is 3. The van der Waals surface area contributed by atoms with Gasteiger partial charge in [0.2, 0.25) is 0 Å². The summed E-state index contributed by atoms with van der Waals surface area (Å²) in [5.74, 6) is -1.32. The zero-order valence-electron chi connectivity index (χ0n) is 17.9. The molecule has 0 spiro atoms. The molecule has 3 aromatic carbocycles. The van der Waals surface area contributed by atoms with Gasteiger partial charge in [0.1, 0.15) is 23.1 Å². The number of ether oxygens (including phenoxy) is 1. The van der Waals surface area contributed by atoms with Gasteiger partial charge in [-0.2, -0.15) is 0 Å². The summed E-state index contributed by atoms with van der Waals surface area (Å²) in [4.78, 5) is 8.77. The molecule has 0 radical (unpaired) electrons. The van der Waals surface area contributed by atoms with Crippen LogP contribution in [0.25, 0.3) is 33.9 Å². The van der Waals surface area contributed by atoms with Crippen molar-refractivity contribution in [1.29, 1.82) is 0 Å². The Morgan fingerprint density at radius 2 is 1.46 bits per heavy atom. The van der Waals surface area contributed by atoms with Crippen molar-refractivity contribution in [3.8, 4) is 39.7 Å².